The fourth-order valence-corrected chi connectivity index (χ4v) is 5.64. The molecule has 0 N–H and O–H groups in total. The molecule has 2 rings (SSSR count). The van der Waals surface area contributed by atoms with Gasteiger partial charge in [0.05, 0.1) is 0 Å². The van der Waals surface area contributed by atoms with Crippen LogP contribution in [0.5, 0.6) is 0 Å². The first-order valence-corrected chi connectivity index (χ1v) is 9.38. The van der Waals surface area contributed by atoms with E-state index >= 15 is 0 Å². The van der Waals surface area contributed by atoms with Crippen molar-refractivity contribution in [1.82, 2.24) is 0 Å². The van der Waals surface area contributed by atoms with Crippen molar-refractivity contribution in [3.8, 4) is 0 Å². The standard InChI is InChI=1S/C19H22FOP/c1-3-4-15-19(16(2)20)22(21,17-11-7-5-8-12-17)18-13-9-6-10-14-18/h5-14H,3-4,15H2,1-2H3/b19-16+. The molecule has 0 spiro atoms. The number of unbranched alkanes of at least 4 members (excludes halogenated alkanes) is 1. The molecule has 2 aromatic rings. The van der Waals surface area contributed by atoms with Crippen LogP contribution in [0, 0.1) is 0 Å². The summed E-state index contributed by atoms with van der Waals surface area (Å²) in [5.74, 6) is -0.315. The smallest absolute Gasteiger partial charge is 0.169 e. The lowest BCUT2D eigenvalue weighted by Gasteiger charge is -2.23. The molecule has 0 aliphatic heterocycles. The summed E-state index contributed by atoms with van der Waals surface area (Å²) in [6.45, 7) is 3.48. The highest BCUT2D eigenvalue weighted by Gasteiger charge is 2.33. The van der Waals surface area contributed by atoms with E-state index in [4.69, 9.17) is 0 Å². The Kier molecular flexibility index (Phi) is 5.74. The van der Waals surface area contributed by atoms with E-state index in [9.17, 15) is 8.96 Å². The molecule has 0 aliphatic rings. The van der Waals surface area contributed by atoms with Crippen LogP contribution in [0.1, 0.15) is 33.1 Å². The Morgan fingerprint density at radius 1 is 0.955 bits per heavy atom. The fourth-order valence-electron chi connectivity index (χ4n) is 2.63. The zero-order valence-electron chi connectivity index (χ0n) is 13.1. The predicted octanol–water partition coefficient (Wildman–Crippen LogP) is 5.39. The van der Waals surface area contributed by atoms with Crippen LogP contribution in [-0.4, -0.2) is 0 Å². The molecule has 0 saturated carbocycles. The van der Waals surface area contributed by atoms with Crippen LogP contribution in [0.25, 0.3) is 0 Å². The van der Waals surface area contributed by atoms with E-state index in [2.05, 4.69) is 6.92 Å². The molecule has 0 unspecified atom stereocenters. The number of benzene rings is 2. The van der Waals surface area contributed by atoms with Crippen molar-refractivity contribution < 1.29 is 8.96 Å². The van der Waals surface area contributed by atoms with Crippen molar-refractivity contribution >= 4 is 17.8 Å². The number of hydrogen-bond donors (Lipinski definition) is 0. The van der Waals surface area contributed by atoms with Crippen molar-refractivity contribution in [3.63, 3.8) is 0 Å². The Bertz CT molecular complexity index is 630. The van der Waals surface area contributed by atoms with E-state index in [0.717, 1.165) is 12.8 Å². The molecule has 0 heterocycles. The van der Waals surface area contributed by atoms with Gasteiger partial charge in [-0.3, -0.25) is 0 Å². The molecule has 0 amide bonds. The molecular weight excluding hydrogens is 294 g/mol. The molecule has 0 fully saturated rings. The first-order valence-electron chi connectivity index (χ1n) is 7.67. The monoisotopic (exact) mass is 316 g/mol. The molecule has 0 aliphatic carbocycles. The Morgan fingerprint density at radius 3 is 1.77 bits per heavy atom. The van der Waals surface area contributed by atoms with Gasteiger partial charge in [-0.15, -0.1) is 0 Å². The van der Waals surface area contributed by atoms with Gasteiger partial charge >= 0.3 is 0 Å². The molecule has 0 aromatic heterocycles. The number of rotatable bonds is 6. The van der Waals surface area contributed by atoms with Gasteiger partial charge < -0.3 is 4.57 Å². The molecule has 2 aromatic carbocycles. The van der Waals surface area contributed by atoms with Crippen LogP contribution < -0.4 is 10.6 Å². The van der Waals surface area contributed by atoms with Crippen molar-refractivity contribution in [2.24, 2.45) is 0 Å². The third-order valence-electron chi connectivity index (χ3n) is 3.78. The minimum atomic E-state index is -3.12. The predicted molar refractivity (Wildman–Crippen MR) is 93.1 cm³/mol. The maximum Gasteiger partial charge on any atom is 0.169 e. The maximum atomic E-state index is 14.3. The molecule has 0 saturated heterocycles. The topological polar surface area (TPSA) is 17.1 Å². The van der Waals surface area contributed by atoms with Crippen LogP contribution in [0.2, 0.25) is 0 Å². The number of halogens is 1. The minimum Gasteiger partial charge on any atom is -0.309 e. The second-order valence-electron chi connectivity index (χ2n) is 5.36. The highest BCUT2D eigenvalue weighted by molar-refractivity contribution is 7.82. The van der Waals surface area contributed by atoms with Gasteiger partial charge in [-0.1, -0.05) is 74.0 Å². The lowest BCUT2D eigenvalue weighted by molar-refractivity contribution is 0.581. The number of allylic oxidation sites excluding steroid dienone is 2. The fraction of sp³-hybridized carbons (Fsp3) is 0.263. The Morgan fingerprint density at radius 2 is 1.41 bits per heavy atom. The van der Waals surface area contributed by atoms with E-state index < -0.39 is 7.14 Å². The second-order valence-corrected chi connectivity index (χ2v) is 8.16. The summed E-state index contributed by atoms with van der Waals surface area (Å²) in [4.78, 5) is 0. The van der Waals surface area contributed by atoms with Gasteiger partial charge in [0.15, 0.2) is 7.14 Å². The first-order chi connectivity index (χ1) is 10.6. The summed E-state index contributed by atoms with van der Waals surface area (Å²) in [6.07, 6.45) is 2.31. The van der Waals surface area contributed by atoms with Gasteiger partial charge in [-0.25, -0.2) is 4.39 Å². The zero-order chi connectivity index (χ0) is 16.0. The van der Waals surface area contributed by atoms with Gasteiger partial charge in [-0.2, -0.15) is 0 Å². The molecular formula is C19H22FOP. The van der Waals surface area contributed by atoms with Gasteiger partial charge in [-0.05, 0) is 19.8 Å². The van der Waals surface area contributed by atoms with Gasteiger partial charge in [0, 0.05) is 15.9 Å². The molecule has 22 heavy (non-hydrogen) atoms. The highest BCUT2D eigenvalue weighted by Crippen LogP contribution is 2.55. The minimum absolute atomic E-state index is 0.315. The average Bonchev–Trinajstić information content (AvgIpc) is 2.56. The first kappa shape index (κ1) is 16.7. The lowest BCUT2D eigenvalue weighted by atomic mass is 10.2. The molecule has 0 bridgehead atoms. The Hall–Kier alpha value is -1.66. The maximum absolute atomic E-state index is 14.3. The highest BCUT2D eigenvalue weighted by atomic mass is 31.2. The van der Waals surface area contributed by atoms with Crippen LogP contribution in [0.4, 0.5) is 4.39 Å². The van der Waals surface area contributed by atoms with Crippen LogP contribution >= 0.6 is 7.14 Å². The zero-order valence-corrected chi connectivity index (χ0v) is 14.0. The SMILES string of the molecule is CCCC/C(=C(/C)F)P(=O)(c1ccccc1)c1ccccc1. The largest absolute Gasteiger partial charge is 0.309 e. The van der Waals surface area contributed by atoms with E-state index in [1.54, 1.807) is 0 Å². The summed E-state index contributed by atoms with van der Waals surface area (Å²) in [5.41, 5.74) is 0. The molecule has 116 valence electrons. The second kappa shape index (κ2) is 7.56. The van der Waals surface area contributed by atoms with Crippen LogP contribution in [0.3, 0.4) is 0 Å². The summed E-state index contributed by atoms with van der Waals surface area (Å²) in [6, 6.07) is 18.5. The summed E-state index contributed by atoms with van der Waals surface area (Å²) >= 11 is 0. The lowest BCUT2D eigenvalue weighted by Crippen LogP contribution is -2.18. The third kappa shape index (κ3) is 3.39. The van der Waals surface area contributed by atoms with E-state index in [1.807, 2.05) is 60.7 Å². The summed E-state index contributed by atoms with van der Waals surface area (Å²) in [5, 5.41) is 1.85. The van der Waals surface area contributed by atoms with Crippen LogP contribution in [0.15, 0.2) is 71.8 Å². The van der Waals surface area contributed by atoms with Crippen molar-refractivity contribution in [2.45, 2.75) is 33.1 Å². The molecule has 1 nitrogen and oxygen atoms in total. The molecule has 3 heteroatoms. The summed E-state index contributed by atoms with van der Waals surface area (Å²) < 4.78 is 28.2. The third-order valence-corrected chi connectivity index (χ3v) is 7.13. The van der Waals surface area contributed by atoms with Gasteiger partial charge in [0.1, 0.15) is 5.83 Å². The van der Waals surface area contributed by atoms with Crippen LogP contribution in [-0.2, 0) is 4.57 Å². The van der Waals surface area contributed by atoms with E-state index in [1.165, 1.54) is 6.92 Å². The van der Waals surface area contributed by atoms with E-state index in [-0.39, 0.29) is 5.83 Å². The van der Waals surface area contributed by atoms with Crippen molar-refractivity contribution in [3.05, 3.63) is 71.8 Å². The summed E-state index contributed by atoms with van der Waals surface area (Å²) in [7, 11) is -3.12. The molecule has 0 radical (unpaired) electrons. The number of hydrogen-bond acceptors (Lipinski definition) is 1. The van der Waals surface area contributed by atoms with Gasteiger partial charge in [0.2, 0.25) is 0 Å². The quantitative estimate of drug-likeness (QED) is 0.653. The average molecular weight is 316 g/mol. The van der Waals surface area contributed by atoms with E-state index in [0.29, 0.717) is 22.3 Å². The normalized spacial score (nSPS) is 12.9. The molecule has 0 atom stereocenters. The Labute approximate surface area is 132 Å². The van der Waals surface area contributed by atoms with Crippen molar-refractivity contribution in [2.75, 3.05) is 0 Å². The Balaban J connectivity index is 2.66. The van der Waals surface area contributed by atoms with Crippen molar-refractivity contribution in [1.29, 1.82) is 0 Å². The van der Waals surface area contributed by atoms with Gasteiger partial charge in [0.25, 0.3) is 0 Å².